The van der Waals surface area contributed by atoms with E-state index < -0.39 is 11.0 Å². The summed E-state index contributed by atoms with van der Waals surface area (Å²) in [5.74, 6) is -0.458. The van der Waals surface area contributed by atoms with Crippen LogP contribution in [0.1, 0.15) is 38.8 Å². The van der Waals surface area contributed by atoms with Crippen LogP contribution >= 0.6 is 0 Å². The molecule has 0 aromatic heterocycles. The Balaban J connectivity index is 1.70. The molecular formula is C21H32FN3O3. The van der Waals surface area contributed by atoms with Crippen molar-refractivity contribution in [2.75, 3.05) is 39.5 Å². The lowest BCUT2D eigenvalue weighted by Gasteiger charge is -2.57. The van der Waals surface area contributed by atoms with E-state index in [1.54, 1.807) is 6.07 Å². The van der Waals surface area contributed by atoms with Crippen LogP contribution < -0.4 is 11.1 Å². The largest absolute Gasteiger partial charge is 0.379 e. The Hall–Kier alpha value is -1.54. The van der Waals surface area contributed by atoms with Gasteiger partial charge in [0.25, 0.3) is 0 Å². The molecule has 1 aliphatic carbocycles. The highest BCUT2D eigenvalue weighted by molar-refractivity contribution is 5.88. The smallest absolute Gasteiger partial charge is 0.240 e. The van der Waals surface area contributed by atoms with Gasteiger partial charge in [0.15, 0.2) is 0 Å². The van der Waals surface area contributed by atoms with Gasteiger partial charge in [-0.15, -0.1) is 0 Å². The molecule has 1 aliphatic heterocycles. The normalized spacial score (nSPS) is 28.4. The van der Waals surface area contributed by atoms with Gasteiger partial charge in [-0.05, 0) is 24.6 Å². The maximum absolute atomic E-state index is 13.8. The predicted octanol–water partition coefficient (Wildman–Crippen LogP) is 1.85. The first-order valence-electron chi connectivity index (χ1n) is 10.1. The average Bonchev–Trinajstić information content (AvgIpc) is 2.68. The Morgan fingerprint density at radius 3 is 2.75 bits per heavy atom. The van der Waals surface area contributed by atoms with E-state index in [0.717, 1.165) is 18.7 Å². The molecule has 3 atom stereocenters. The van der Waals surface area contributed by atoms with Crippen LogP contribution in [0.3, 0.4) is 0 Å². The summed E-state index contributed by atoms with van der Waals surface area (Å²) < 4.78 is 25.0. The van der Waals surface area contributed by atoms with E-state index in [0.29, 0.717) is 32.8 Å². The Morgan fingerprint density at radius 1 is 1.43 bits per heavy atom. The highest BCUT2D eigenvalue weighted by Gasteiger charge is 2.62. The van der Waals surface area contributed by atoms with Crippen molar-refractivity contribution in [3.05, 3.63) is 35.6 Å². The molecule has 3 N–H and O–H groups in total. The number of hydrogen-bond donors (Lipinski definition) is 2. The lowest BCUT2D eigenvalue weighted by atomic mass is 9.54. The van der Waals surface area contributed by atoms with Crippen molar-refractivity contribution >= 4 is 5.91 Å². The third-order valence-corrected chi connectivity index (χ3v) is 6.41. The van der Waals surface area contributed by atoms with E-state index >= 15 is 0 Å². The lowest BCUT2D eigenvalue weighted by Crippen LogP contribution is -2.76. The fourth-order valence-electron chi connectivity index (χ4n) is 4.23. The minimum absolute atomic E-state index is 0.0218. The van der Waals surface area contributed by atoms with Gasteiger partial charge in [-0.2, -0.15) is 0 Å². The second-order valence-corrected chi connectivity index (χ2v) is 8.27. The molecule has 7 heteroatoms. The second kappa shape index (κ2) is 8.45. The number of nitrogens with two attached hydrogens (primary N) is 1. The van der Waals surface area contributed by atoms with Crippen molar-refractivity contribution in [1.82, 2.24) is 10.2 Å². The van der Waals surface area contributed by atoms with Crippen molar-refractivity contribution in [3.63, 3.8) is 0 Å². The number of ether oxygens (including phenoxy) is 2. The van der Waals surface area contributed by atoms with E-state index in [9.17, 15) is 9.18 Å². The molecule has 6 nitrogen and oxygen atoms in total. The molecule has 1 saturated carbocycles. The van der Waals surface area contributed by atoms with Gasteiger partial charge >= 0.3 is 0 Å². The first-order valence-corrected chi connectivity index (χ1v) is 10.1. The summed E-state index contributed by atoms with van der Waals surface area (Å²) in [5.41, 5.74) is 5.92. The number of hydrogen-bond acceptors (Lipinski definition) is 5. The average molecular weight is 394 g/mol. The van der Waals surface area contributed by atoms with Crippen LogP contribution in [0.4, 0.5) is 4.39 Å². The van der Waals surface area contributed by atoms with E-state index in [4.69, 9.17) is 15.2 Å². The van der Waals surface area contributed by atoms with Crippen molar-refractivity contribution in [2.24, 2.45) is 11.1 Å². The molecule has 1 heterocycles. The van der Waals surface area contributed by atoms with Crippen LogP contribution in [0.15, 0.2) is 24.3 Å². The fraction of sp³-hybridized carbons (Fsp3) is 0.667. The number of benzene rings is 1. The molecule has 156 valence electrons. The van der Waals surface area contributed by atoms with E-state index in [-0.39, 0.29) is 23.9 Å². The summed E-state index contributed by atoms with van der Waals surface area (Å²) in [6.45, 7) is 9.60. The Labute approximate surface area is 166 Å². The summed E-state index contributed by atoms with van der Waals surface area (Å²) >= 11 is 0. The quantitative estimate of drug-likeness (QED) is 0.739. The van der Waals surface area contributed by atoms with Gasteiger partial charge in [0.1, 0.15) is 11.4 Å². The fourth-order valence-corrected chi connectivity index (χ4v) is 4.23. The van der Waals surface area contributed by atoms with Gasteiger partial charge < -0.3 is 20.5 Å². The highest BCUT2D eigenvalue weighted by Crippen LogP contribution is 2.49. The number of carbonyl (C=O) groups excluding carboxylic acids is 1. The number of carbonyl (C=O) groups is 1. The van der Waals surface area contributed by atoms with Gasteiger partial charge in [-0.3, -0.25) is 9.69 Å². The van der Waals surface area contributed by atoms with Gasteiger partial charge in [0, 0.05) is 38.1 Å². The maximum atomic E-state index is 13.8. The number of nitrogens with one attached hydrogen (secondary N) is 1. The van der Waals surface area contributed by atoms with E-state index in [1.807, 2.05) is 26.8 Å². The molecule has 1 aromatic rings. The van der Waals surface area contributed by atoms with Crippen LogP contribution in [0.25, 0.3) is 0 Å². The molecule has 28 heavy (non-hydrogen) atoms. The molecule has 0 bridgehead atoms. The van der Waals surface area contributed by atoms with Crippen LogP contribution in [-0.2, 0) is 14.3 Å². The Morgan fingerprint density at radius 2 is 2.14 bits per heavy atom. The number of nitrogens with zero attached hydrogens (tertiary/aromatic N) is 1. The molecule has 1 saturated heterocycles. The highest BCUT2D eigenvalue weighted by atomic mass is 19.1. The molecule has 2 fully saturated rings. The van der Waals surface area contributed by atoms with Crippen LogP contribution in [0, 0.1) is 11.2 Å². The summed E-state index contributed by atoms with van der Waals surface area (Å²) in [6, 6.07) is 6.43. The van der Waals surface area contributed by atoms with Gasteiger partial charge in [0.2, 0.25) is 5.91 Å². The molecule has 1 aromatic carbocycles. The third-order valence-electron chi connectivity index (χ3n) is 6.41. The van der Waals surface area contributed by atoms with Gasteiger partial charge in [-0.1, -0.05) is 26.0 Å². The topological polar surface area (TPSA) is 76.8 Å². The Bertz CT molecular complexity index is 693. The molecule has 1 amide bonds. The van der Waals surface area contributed by atoms with Gasteiger partial charge in [-0.25, -0.2) is 4.39 Å². The lowest BCUT2D eigenvalue weighted by molar-refractivity contribution is -0.170. The number of halogens is 1. The summed E-state index contributed by atoms with van der Waals surface area (Å²) in [4.78, 5) is 15.2. The monoisotopic (exact) mass is 393 g/mol. The molecule has 0 radical (unpaired) electrons. The number of amides is 1. The zero-order chi connectivity index (χ0) is 20.4. The van der Waals surface area contributed by atoms with Gasteiger partial charge in [0.05, 0.1) is 25.4 Å². The number of rotatable bonds is 7. The van der Waals surface area contributed by atoms with Crippen LogP contribution in [0.5, 0.6) is 0 Å². The number of morpholine rings is 1. The van der Waals surface area contributed by atoms with Crippen molar-refractivity contribution in [2.45, 2.75) is 44.9 Å². The predicted molar refractivity (Wildman–Crippen MR) is 105 cm³/mol. The molecule has 2 aliphatic rings. The minimum atomic E-state index is -0.968. The summed E-state index contributed by atoms with van der Waals surface area (Å²) in [5, 5.41) is 3.03. The van der Waals surface area contributed by atoms with Crippen molar-refractivity contribution in [1.29, 1.82) is 0 Å². The zero-order valence-corrected chi connectivity index (χ0v) is 17.0. The zero-order valence-electron chi connectivity index (χ0n) is 17.0. The first-order chi connectivity index (χ1) is 13.3. The maximum Gasteiger partial charge on any atom is 0.240 e. The SMILES string of the molecule is CCOC1CC(N)(C(=O)NCC(c2cccc(F)c2)N2CCOCC2)C1(C)C. The van der Waals surface area contributed by atoms with Crippen LogP contribution in [0.2, 0.25) is 0 Å². The van der Waals surface area contributed by atoms with Crippen LogP contribution in [-0.4, -0.2) is 61.9 Å². The van der Waals surface area contributed by atoms with E-state index in [1.165, 1.54) is 12.1 Å². The summed E-state index contributed by atoms with van der Waals surface area (Å²) in [6.07, 6.45) is 0.480. The Kier molecular flexibility index (Phi) is 6.39. The minimum Gasteiger partial charge on any atom is -0.379 e. The van der Waals surface area contributed by atoms with E-state index in [2.05, 4.69) is 10.2 Å². The molecule has 0 spiro atoms. The third kappa shape index (κ3) is 3.94. The molecule has 3 unspecified atom stereocenters. The standard InChI is InChI=1S/C21H32FN3O3/c1-4-28-18-13-21(23,20(18,2)3)19(26)24-14-17(25-8-10-27-11-9-25)15-6-5-7-16(22)12-15/h5-7,12,17-18H,4,8-11,13-14,23H2,1-3H3,(H,24,26). The second-order valence-electron chi connectivity index (χ2n) is 8.27. The van der Waals surface area contributed by atoms with Crippen molar-refractivity contribution < 1.29 is 18.7 Å². The first kappa shape index (κ1) is 21.2. The summed E-state index contributed by atoms with van der Waals surface area (Å²) in [7, 11) is 0. The molecule has 3 rings (SSSR count). The molecular weight excluding hydrogens is 361 g/mol. The van der Waals surface area contributed by atoms with Crippen molar-refractivity contribution in [3.8, 4) is 0 Å².